The summed E-state index contributed by atoms with van der Waals surface area (Å²) >= 11 is 1.77. The van der Waals surface area contributed by atoms with Crippen molar-refractivity contribution in [1.29, 1.82) is 0 Å². The molecule has 1 aromatic heterocycles. The Morgan fingerprint density at radius 2 is 2.11 bits per heavy atom. The highest BCUT2D eigenvalue weighted by molar-refractivity contribution is 7.16. The fourth-order valence-corrected chi connectivity index (χ4v) is 4.50. The van der Waals surface area contributed by atoms with E-state index in [1.165, 1.54) is 10.4 Å². The second kappa shape index (κ2) is 9.26. The normalized spacial score (nSPS) is 19.3. The lowest BCUT2D eigenvalue weighted by Gasteiger charge is -2.36. The molecular weight excluding hydrogens is 403 g/mol. The molecule has 8 heteroatoms. The fraction of sp³-hybridized carbons (Fsp3) is 0.421. The van der Waals surface area contributed by atoms with Gasteiger partial charge in [0.25, 0.3) is 0 Å². The molecule has 0 bridgehead atoms. The van der Waals surface area contributed by atoms with Gasteiger partial charge in [0, 0.05) is 30.6 Å². The van der Waals surface area contributed by atoms with Crippen molar-refractivity contribution in [1.82, 2.24) is 10.2 Å². The van der Waals surface area contributed by atoms with E-state index in [9.17, 15) is 5.11 Å². The summed E-state index contributed by atoms with van der Waals surface area (Å²) in [5.74, 6) is 1.04. The highest BCUT2D eigenvalue weighted by Crippen LogP contribution is 2.39. The number of thiophene rings is 1. The Bertz CT molecular complexity index is 809. The maximum atomic E-state index is 9.74. The van der Waals surface area contributed by atoms with Gasteiger partial charge in [-0.25, -0.2) is 4.99 Å². The zero-order valence-corrected chi connectivity index (χ0v) is 17.9. The number of piperazine rings is 1. The lowest BCUT2D eigenvalue weighted by atomic mass is 10.1. The average molecular weight is 429 g/mol. The molecule has 2 aliphatic heterocycles. The predicted octanol–water partition coefficient (Wildman–Crippen LogP) is 4.08. The van der Waals surface area contributed by atoms with Gasteiger partial charge in [-0.1, -0.05) is 12.1 Å². The first kappa shape index (κ1) is 22.0. The van der Waals surface area contributed by atoms with Crippen LogP contribution in [0.5, 0.6) is 0 Å². The Labute approximate surface area is 176 Å². The number of benzene rings is 1. The minimum Gasteiger partial charge on any atom is -0.393 e. The molecule has 1 saturated heterocycles. The number of aliphatic imine (C=N–C) groups is 1. The van der Waals surface area contributed by atoms with Crippen molar-refractivity contribution in [2.24, 2.45) is 4.99 Å². The highest BCUT2D eigenvalue weighted by Gasteiger charge is 2.27. The number of aliphatic hydroxyl groups excluding tert-OH is 1. The van der Waals surface area contributed by atoms with Crippen LogP contribution < -0.4 is 10.6 Å². The maximum Gasteiger partial charge on any atom is 0.139 e. The third-order valence-electron chi connectivity index (χ3n) is 4.66. The second-order valence-corrected chi connectivity index (χ2v) is 8.12. The topological polar surface area (TPSA) is 59.9 Å². The van der Waals surface area contributed by atoms with E-state index in [1.807, 2.05) is 19.1 Å². The summed E-state index contributed by atoms with van der Waals surface area (Å²) in [5, 5.41) is 18.0. The van der Waals surface area contributed by atoms with Crippen LogP contribution in [0.25, 0.3) is 0 Å². The molecule has 0 saturated carbocycles. The molecule has 0 unspecified atom stereocenters. The molecule has 0 spiro atoms. The molecule has 0 amide bonds. The number of hydrogen-bond donors (Lipinski definition) is 3. The van der Waals surface area contributed by atoms with E-state index in [0.29, 0.717) is 0 Å². The summed E-state index contributed by atoms with van der Waals surface area (Å²) in [6.07, 6.45) is 0.462. The van der Waals surface area contributed by atoms with Crippen molar-refractivity contribution < 1.29 is 5.11 Å². The van der Waals surface area contributed by atoms with Gasteiger partial charge in [0.15, 0.2) is 0 Å². The molecule has 0 radical (unpaired) electrons. The van der Waals surface area contributed by atoms with Gasteiger partial charge in [-0.15, -0.1) is 36.2 Å². The Morgan fingerprint density at radius 1 is 1.33 bits per heavy atom. The third kappa shape index (κ3) is 4.76. The molecule has 27 heavy (non-hydrogen) atoms. The van der Waals surface area contributed by atoms with Gasteiger partial charge in [0.05, 0.1) is 23.0 Å². The average Bonchev–Trinajstić information content (AvgIpc) is 2.86. The Morgan fingerprint density at radius 3 is 2.89 bits per heavy atom. The molecule has 1 aromatic carbocycles. The molecule has 4 rings (SSSR count). The van der Waals surface area contributed by atoms with Crippen molar-refractivity contribution in [2.75, 3.05) is 25.0 Å². The Balaban J connectivity index is 0.00000131. The Kier molecular flexibility index (Phi) is 7.54. The standard InChI is InChI=1S/C19H24N4OS.2ClH/c1-12(24)9-14-11-23(8-7-20-14)18-15-10-13(2)25-19(15)22-17-6-4-3-5-16(17)21-18;;/h3-6,10,12,14,20,22,24H,7-9,11H2,1-2H3;2*1H/t12-,14-;;/m0../s1. The molecule has 0 aliphatic carbocycles. The van der Waals surface area contributed by atoms with E-state index in [2.05, 4.69) is 40.7 Å². The van der Waals surface area contributed by atoms with Crippen LogP contribution in [0.15, 0.2) is 35.3 Å². The molecule has 3 N–H and O–H groups in total. The molecule has 2 aromatic rings. The summed E-state index contributed by atoms with van der Waals surface area (Å²) in [4.78, 5) is 8.66. The van der Waals surface area contributed by atoms with Gasteiger partial charge in [-0.3, -0.25) is 0 Å². The van der Waals surface area contributed by atoms with Crippen molar-refractivity contribution in [3.8, 4) is 0 Å². The molecule has 5 nitrogen and oxygen atoms in total. The first-order valence-corrected chi connectivity index (χ1v) is 9.64. The molecule has 2 aliphatic rings. The monoisotopic (exact) mass is 428 g/mol. The summed E-state index contributed by atoms with van der Waals surface area (Å²) in [6, 6.07) is 10.7. The number of rotatable bonds is 2. The number of aliphatic hydroxyl groups is 1. The van der Waals surface area contributed by atoms with Crippen LogP contribution in [0.3, 0.4) is 0 Å². The number of aryl methyl sites for hydroxylation is 1. The summed E-state index contributed by atoms with van der Waals surface area (Å²) in [7, 11) is 0. The first-order chi connectivity index (χ1) is 12.1. The van der Waals surface area contributed by atoms with Gasteiger partial charge in [-0.05, 0) is 38.5 Å². The minimum absolute atomic E-state index is 0. The second-order valence-electron chi connectivity index (χ2n) is 6.86. The quantitative estimate of drug-likeness (QED) is 0.674. The lowest BCUT2D eigenvalue weighted by Crippen LogP contribution is -2.53. The van der Waals surface area contributed by atoms with E-state index < -0.39 is 0 Å². The molecule has 148 valence electrons. The number of nitrogens with one attached hydrogen (secondary N) is 2. The van der Waals surface area contributed by atoms with E-state index in [-0.39, 0.29) is 37.0 Å². The Hall–Kier alpha value is -1.31. The first-order valence-electron chi connectivity index (χ1n) is 8.82. The number of fused-ring (bicyclic) bond motifs is 2. The summed E-state index contributed by atoms with van der Waals surface area (Å²) in [5.41, 5.74) is 3.21. The molecule has 1 fully saturated rings. The van der Waals surface area contributed by atoms with E-state index >= 15 is 0 Å². The van der Waals surface area contributed by atoms with Crippen molar-refractivity contribution in [2.45, 2.75) is 32.4 Å². The molecule has 2 atom stereocenters. The van der Waals surface area contributed by atoms with Gasteiger partial charge < -0.3 is 20.6 Å². The van der Waals surface area contributed by atoms with Crippen molar-refractivity contribution in [3.05, 3.63) is 40.8 Å². The number of nitrogens with zero attached hydrogens (tertiary/aromatic N) is 2. The van der Waals surface area contributed by atoms with Crippen LogP contribution in [0.4, 0.5) is 16.4 Å². The highest BCUT2D eigenvalue weighted by atomic mass is 35.5. The van der Waals surface area contributed by atoms with Crippen molar-refractivity contribution >= 4 is 58.4 Å². The lowest BCUT2D eigenvalue weighted by molar-refractivity contribution is 0.151. The van der Waals surface area contributed by atoms with Crippen LogP contribution in [0.2, 0.25) is 0 Å². The SMILES string of the molecule is Cc1cc2c(s1)Nc1ccccc1N=C2N1CCN[C@@H](C[C@H](C)O)C1.Cl.Cl. The summed E-state index contributed by atoms with van der Waals surface area (Å²) < 4.78 is 0. The van der Waals surface area contributed by atoms with Crippen molar-refractivity contribution in [3.63, 3.8) is 0 Å². The largest absolute Gasteiger partial charge is 0.393 e. The van der Waals surface area contributed by atoms with Gasteiger partial charge in [-0.2, -0.15) is 0 Å². The zero-order valence-electron chi connectivity index (χ0n) is 15.4. The van der Waals surface area contributed by atoms with Gasteiger partial charge >= 0.3 is 0 Å². The number of amidine groups is 1. The molecular formula is C19H26Cl2N4OS. The van der Waals surface area contributed by atoms with Crippen LogP contribution in [-0.2, 0) is 0 Å². The van der Waals surface area contributed by atoms with E-state index in [1.54, 1.807) is 11.3 Å². The minimum atomic E-state index is -0.296. The van der Waals surface area contributed by atoms with Gasteiger partial charge in [0.1, 0.15) is 10.8 Å². The van der Waals surface area contributed by atoms with Crippen LogP contribution in [0, 0.1) is 6.92 Å². The van der Waals surface area contributed by atoms with Crippen LogP contribution in [0.1, 0.15) is 23.8 Å². The van der Waals surface area contributed by atoms with Gasteiger partial charge in [0.2, 0.25) is 0 Å². The number of anilines is 2. The van der Waals surface area contributed by atoms with Crippen LogP contribution in [-0.4, -0.2) is 47.6 Å². The van der Waals surface area contributed by atoms with E-state index in [0.717, 1.165) is 48.3 Å². The third-order valence-corrected chi connectivity index (χ3v) is 5.62. The fourth-order valence-electron chi connectivity index (χ4n) is 3.58. The smallest absolute Gasteiger partial charge is 0.139 e. The van der Waals surface area contributed by atoms with Crippen LogP contribution >= 0.6 is 36.2 Å². The molecule has 3 heterocycles. The summed E-state index contributed by atoms with van der Waals surface area (Å²) in [6.45, 7) is 6.68. The predicted molar refractivity (Wildman–Crippen MR) is 119 cm³/mol. The number of halogens is 2. The number of hydrogen-bond acceptors (Lipinski definition) is 6. The number of para-hydroxylation sites is 2. The van der Waals surface area contributed by atoms with E-state index in [4.69, 9.17) is 4.99 Å². The zero-order chi connectivity index (χ0) is 17.4. The maximum absolute atomic E-state index is 9.74.